The monoisotopic (exact) mass is 441 g/mol. The van der Waals surface area contributed by atoms with Crippen molar-refractivity contribution in [3.8, 4) is 5.75 Å². The summed E-state index contributed by atoms with van der Waals surface area (Å²) in [5.74, 6) is -0.640. The van der Waals surface area contributed by atoms with E-state index in [-0.39, 0.29) is 17.9 Å². The molecule has 4 atom stereocenters. The van der Waals surface area contributed by atoms with Crippen LogP contribution in [0.5, 0.6) is 5.75 Å². The summed E-state index contributed by atoms with van der Waals surface area (Å²) >= 11 is 0. The molecule has 4 aliphatic heterocycles. The SMILES string of the molecule is CCOC(=O)N1CCN(C(=O)C2C3C=CC4(CN(c5cccc(OC)c5)C(=O)C24)O3)CC1. The van der Waals surface area contributed by atoms with E-state index in [0.29, 0.717) is 45.1 Å². The molecule has 3 fully saturated rings. The Bertz CT molecular complexity index is 972. The minimum atomic E-state index is -0.780. The topological polar surface area (TPSA) is 88.6 Å². The van der Waals surface area contributed by atoms with Crippen LogP contribution in [0.1, 0.15) is 6.92 Å². The normalized spacial score (nSPS) is 30.6. The summed E-state index contributed by atoms with van der Waals surface area (Å²) in [6.07, 6.45) is 3.11. The highest BCUT2D eigenvalue weighted by Gasteiger charge is 2.67. The lowest BCUT2D eigenvalue weighted by Crippen LogP contribution is -2.54. The molecule has 0 aromatic heterocycles. The molecule has 5 rings (SSSR count). The Morgan fingerprint density at radius 3 is 2.66 bits per heavy atom. The zero-order chi connectivity index (χ0) is 22.5. The van der Waals surface area contributed by atoms with Gasteiger partial charge in [-0.15, -0.1) is 0 Å². The molecule has 4 heterocycles. The third kappa shape index (κ3) is 3.14. The molecular weight excluding hydrogens is 414 g/mol. The maximum atomic E-state index is 13.5. The minimum Gasteiger partial charge on any atom is -0.497 e. The summed E-state index contributed by atoms with van der Waals surface area (Å²) in [5, 5.41) is 0. The second-order valence-electron chi connectivity index (χ2n) is 8.54. The molecule has 0 N–H and O–H groups in total. The maximum Gasteiger partial charge on any atom is 0.409 e. The zero-order valence-electron chi connectivity index (χ0n) is 18.2. The highest BCUT2D eigenvalue weighted by molar-refractivity contribution is 6.03. The van der Waals surface area contributed by atoms with E-state index >= 15 is 0 Å². The molecule has 0 aliphatic carbocycles. The third-order valence-electron chi connectivity index (χ3n) is 6.87. The fourth-order valence-corrected chi connectivity index (χ4v) is 5.31. The van der Waals surface area contributed by atoms with Gasteiger partial charge < -0.3 is 28.9 Å². The smallest absolute Gasteiger partial charge is 0.409 e. The van der Waals surface area contributed by atoms with Gasteiger partial charge in [0.05, 0.1) is 38.2 Å². The Hall–Kier alpha value is -3.07. The minimum absolute atomic E-state index is 0.0874. The van der Waals surface area contributed by atoms with E-state index in [1.54, 1.807) is 28.7 Å². The van der Waals surface area contributed by atoms with Crippen LogP contribution < -0.4 is 9.64 Å². The van der Waals surface area contributed by atoms with Crippen LogP contribution in [0, 0.1) is 11.8 Å². The van der Waals surface area contributed by atoms with Crippen molar-refractivity contribution in [3.05, 3.63) is 36.4 Å². The average molecular weight is 441 g/mol. The first kappa shape index (κ1) is 20.8. The summed E-state index contributed by atoms with van der Waals surface area (Å²) in [7, 11) is 1.59. The number of carbonyl (C=O) groups is 3. The number of amides is 3. The number of piperazine rings is 1. The largest absolute Gasteiger partial charge is 0.497 e. The molecule has 4 aliphatic rings. The van der Waals surface area contributed by atoms with Crippen molar-refractivity contribution < 1.29 is 28.6 Å². The van der Waals surface area contributed by atoms with Gasteiger partial charge in [-0.1, -0.05) is 18.2 Å². The summed E-state index contributed by atoms with van der Waals surface area (Å²) in [6.45, 7) is 4.12. The van der Waals surface area contributed by atoms with Gasteiger partial charge in [0.2, 0.25) is 11.8 Å². The molecule has 2 bridgehead atoms. The van der Waals surface area contributed by atoms with Gasteiger partial charge in [-0.25, -0.2) is 4.79 Å². The van der Waals surface area contributed by atoms with Crippen molar-refractivity contribution in [2.75, 3.05) is 51.3 Å². The molecule has 3 amide bonds. The second kappa shape index (κ2) is 7.81. The summed E-state index contributed by atoms with van der Waals surface area (Å²) in [6, 6.07) is 7.34. The zero-order valence-corrected chi connectivity index (χ0v) is 18.2. The number of hydrogen-bond donors (Lipinski definition) is 0. The lowest BCUT2D eigenvalue weighted by Gasteiger charge is -2.36. The number of methoxy groups -OCH3 is 1. The van der Waals surface area contributed by atoms with Crippen molar-refractivity contribution >= 4 is 23.6 Å². The predicted octanol–water partition coefficient (Wildman–Crippen LogP) is 1.28. The van der Waals surface area contributed by atoms with Crippen LogP contribution in [0.4, 0.5) is 10.5 Å². The molecule has 170 valence electrons. The summed E-state index contributed by atoms with van der Waals surface area (Å²) < 4.78 is 16.6. The Morgan fingerprint density at radius 1 is 1.19 bits per heavy atom. The molecule has 32 heavy (non-hydrogen) atoms. The number of benzene rings is 1. The van der Waals surface area contributed by atoms with Crippen molar-refractivity contribution in [1.29, 1.82) is 0 Å². The highest BCUT2D eigenvalue weighted by Crippen LogP contribution is 2.53. The van der Waals surface area contributed by atoms with Crippen LogP contribution >= 0.6 is 0 Å². The van der Waals surface area contributed by atoms with Crippen LogP contribution in [0.15, 0.2) is 36.4 Å². The van der Waals surface area contributed by atoms with Gasteiger partial charge in [0.1, 0.15) is 11.4 Å². The number of hydrogen-bond acceptors (Lipinski definition) is 6. The molecule has 0 radical (unpaired) electrons. The standard InChI is InChI=1S/C23H27N3O6/c1-3-31-22(29)25-11-9-24(10-12-25)20(27)18-17-7-8-23(32-17)14-26(21(28)19(18)23)15-5-4-6-16(13-15)30-2/h4-8,13,17-19H,3,9-12,14H2,1-2H3. The van der Waals surface area contributed by atoms with Crippen LogP contribution in [0.2, 0.25) is 0 Å². The first-order chi connectivity index (χ1) is 15.5. The summed E-state index contributed by atoms with van der Waals surface area (Å²) in [5.41, 5.74) is -0.0504. The van der Waals surface area contributed by atoms with Gasteiger partial charge in [-0.2, -0.15) is 0 Å². The average Bonchev–Trinajstić information content (AvgIpc) is 3.47. The van der Waals surface area contributed by atoms with Gasteiger partial charge in [0.15, 0.2) is 0 Å². The van der Waals surface area contributed by atoms with E-state index in [0.717, 1.165) is 5.69 Å². The molecule has 3 saturated heterocycles. The van der Waals surface area contributed by atoms with Crippen LogP contribution in [0.25, 0.3) is 0 Å². The molecule has 1 aromatic carbocycles. The van der Waals surface area contributed by atoms with E-state index in [1.807, 2.05) is 36.4 Å². The van der Waals surface area contributed by atoms with E-state index in [9.17, 15) is 14.4 Å². The molecule has 4 unspecified atom stereocenters. The first-order valence-electron chi connectivity index (χ1n) is 11.0. The number of nitrogens with zero attached hydrogens (tertiary/aromatic N) is 3. The van der Waals surface area contributed by atoms with Crippen LogP contribution in [0.3, 0.4) is 0 Å². The van der Waals surface area contributed by atoms with Gasteiger partial charge in [-0.3, -0.25) is 9.59 Å². The van der Waals surface area contributed by atoms with E-state index in [4.69, 9.17) is 14.2 Å². The fourth-order valence-electron chi connectivity index (χ4n) is 5.31. The Labute approximate surface area is 186 Å². The Balaban J connectivity index is 1.33. The van der Waals surface area contributed by atoms with Crippen molar-refractivity contribution in [1.82, 2.24) is 9.80 Å². The van der Waals surface area contributed by atoms with E-state index in [2.05, 4.69) is 0 Å². The number of ether oxygens (including phenoxy) is 3. The molecule has 9 nitrogen and oxygen atoms in total. The number of anilines is 1. The number of rotatable bonds is 4. The molecule has 1 aromatic rings. The van der Waals surface area contributed by atoms with Gasteiger partial charge in [-0.05, 0) is 19.1 Å². The predicted molar refractivity (Wildman–Crippen MR) is 114 cm³/mol. The van der Waals surface area contributed by atoms with Crippen molar-refractivity contribution in [2.45, 2.75) is 18.6 Å². The van der Waals surface area contributed by atoms with Gasteiger partial charge in [0.25, 0.3) is 0 Å². The summed E-state index contributed by atoms with van der Waals surface area (Å²) in [4.78, 5) is 44.0. The lowest BCUT2D eigenvalue weighted by atomic mass is 9.76. The molecule has 9 heteroatoms. The van der Waals surface area contributed by atoms with Crippen LogP contribution in [-0.4, -0.2) is 85.9 Å². The quantitative estimate of drug-likeness (QED) is 0.654. The van der Waals surface area contributed by atoms with E-state index in [1.165, 1.54) is 0 Å². The van der Waals surface area contributed by atoms with Gasteiger partial charge in [0, 0.05) is 37.9 Å². The first-order valence-corrected chi connectivity index (χ1v) is 11.0. The Morgan fingerprint density at radius 2 is 1.94 bits per heavy atom. The van der Waals surface area contributed by atoms with Crippen molar-refractivity contribution in [3.63, 3.8) is 0 Å². The highest BCUT2D eigenvalue weighted by atomic mass is 16.6. The fraction of sp³-hybridized carbons (Fsp3) is 0.522. The lowest BCUT2D eigenvalue weighted by molar-refractivity contribution is -0.141. The second-order valence-corrected chi connectivity index (χ2v) is 8.54. The van der Waals surface area contributed by atoms with Crippen LogP contribution in [-0.2, 0) is 19.1 Å². The molecule has 0 saturated carbocycles. The van der Waals surface area contributed by atoms with Gasteiger partial charge >= 0.3 is 6.09 Å². The molecular formula is C23H27N3O6. The maximum absolute atomic E-state index is 13.5. The number of fused-ring (bicyclic) bond motifs is 1. The molecule has 1 spiro atoms. The van der Waals surface area contributed by atoms with Crippen molar-refractivity contribution in [2.24, 2.45) is 11.8 Å². The number of carbonyl (C=O) groups excluding carboxylic acids is 3. The van der Waals surface area contributed by atoms with E-state index < -0.39 is 23.5 Å². The third-order valence-corrected chi connectivity index (χ3v) is 6.87. The Kier molecular flexibility index (Phi) is 5.08.